The normalized spacial score (nSPS) is 15.7. The van der Waals surface area contributed by atoms with Crippen LogP contribution in [0.3, 0.4) is 0 Å². The first-order valence-corrected chi connectivity index (χ1v) is 10.4. The molecular formula is C17H15BrN4O4S. The lowest BCUT2D eigenvalue weighted by atomic mass is 10.1. The molecule has 1 aliphatic carbocycles. The van der Waals surface area contributed by atoms with Crippen molar-refractivity contribution in [3.8, 4) is 0 Å². The largest absolute Gasteiger partial charge is 0.327 e. The third-order valence-electron chi connectivity index (χ3n) is 4.54. The molecule has 3 N–H and O–H groups in total. The molecule has 0 atom stereocenters. The number of fused-ring (bicyclic) bond motifs is 1. The first-order chi connectivity index (χ1) is 12.8. The van der Waals surface area contributed by atoms with Crippen molar-refractivity contribution >= 4 is 37.0 Å². The average molecular weight is 451 g/mol. The molecule has 2 aromatic heterocycles. The van der Waals surface area contributed by atoms with Gasteiger partial charge in [0.15, 0.2) is 0 Å². The van der Waals surface area contributed by atoms with Gasteiger partial charge in [-0.15, -0.1) is 0 Å². The fourth-order valence-corrected chi connectivity index (χ4v) is 4.67. The van der Waals surface area contributed by atoms with E-state index in [0.29, 0.717) is 6.42 Å². The van der Waals surface area contributed by atoms with Crippen LogP contribution in [0.4, 0.5) is 0 Å². The molecule has 1 aromatic carbocycles. The Balaban J connectivity index is 1.63. The lowest BCUT2D eigenvalue weighted by molar-refractivity contribution is 0.539. The van der Waals surface area contributed by atoms with Crippen molar-refractivity contribution in [3.63, 3.8) is 0 Å². The summed E-state index contributed by atoms with van der Waals surface area (Å²) >= 11 is 3.38. The van der Waals surface area contributed by atoms with Gasteiger partial charge in [-0.05, 0) is 43.0 Å². The summed E-state index contributed by atoms with van der Waals surface area (Å²) in [5, 5.41) is 0.00947. The van der Waals surface area contributed by atoms with Crippen molar-refractivity contribution in [2.75, 3.05) is 0 Å². The summed E-state index contributed by atoms with van der Waals surface area (Å²) < 4.78 is 29.3. The topological polar surface area (TPSA) is 125 Å². The molecule has 27 heavy (non-hydrogen) atoms. The number of aromatic nitrogens is 3. The summed E-state index contributed by atoms with van der Waals surface area (Å²) in [5.74, 6) is 0. The van der Waals surface area contributed by atoms with Crippen LogP contribution < -0.4 is 16.0 Å². The lowest BCUT2D eigenvalue weighted by Crippen LogP contribution is -2.38. The molecule has 3 aromatic rings. The van der Waals surface area contributed by atoms with Crippen molar-refractivity contribution in [1.82, 2.24) is 19.7 Å². The van der Waals surface area contributed by atoms with Crippen molar-refractivity contribution in [2.24, 2.45) is 0 Å². The molecule has 2 heterocycles. The maximum Gasteiger partial charge on any atom is 0.327 e. The predicted octanol–water partition coefficient (Wildman–Crippen LogP) is 1.43. The second-order valence-electron chi connectivity index (χ2n) is 6.66. The van der Waals surface area contributed by atoms with Gasteiger partial charge in [-0.25, -0.2) is 22.9 Å². The average Bonchev–Trinajstić information content (AvgIpc) is 3.35. The predicted molar refractivity (Wildman–Crippen MR) is 103 cm³/mol. The van der Waals surface area contributed by atoms with Crippen LogP contribution in [0.1, 0.15) is 18.4 Å². The van der Waals surface area contributed by atoms with Crippen LogP contribution in [0.15, 0.2) is 55.5 Å². The Morgan fingerprint density at radius 1 is 1.15 bits per heavy atom. The third-order valence-corrected chi connectivity index (χ3v) is 6.61. The number of nitrogens with zero attached hydrogens (tertiary/aromatic N) is 1. The molecule has 10 heteroatoms. The summed E-state index contributed by atoms with van der Waals surface area (Å²) in [6.45, 7) is 0. The molecule has 1 fully saturated rings. The van der Waals surface area contributed by atoms with E-state index in [0.717, 1.165) is 29.1 Å². The van der Waals surface area contributed by atoms with E-state index in [9.17, 15) is 18.0 Å². The van der Waals surface area contributed by atoms with Crippen molar-refractivity contribution < 1.29 is 8.42 Å². The highest BCUT2D eigenvalue weighted by Crippen LogP contribution is 2.40. The number of aromatic amines is 2. The molecule has 4 rings (SSSR count). The molecular weight excluding hydrogens is 436 g/mol. The molecule has 8 nitrogen and oxygen atoms in total. The quantitative estimate of drug-likeness (QED) is 0.541. The van der Waals surface area contributed by atoms with Crippen LogP contribution in [0.25, 0.3) is 11.0 Å². The van der Waals surface area contributed by atoms with Gasteiger partial charge in [-0.1, -0.05) is 28.1 Å². The zero-order valence-corrected chi connectivity index (χ0v) is 16.4. The van der Waals surface area contributed by atoms with Gasteiger partial charge in [-0.2, -0.15) is 0 Å². The van der Waals surface area contributed by atoms with Crippen LogP contribution in [0.2, 0.25) is 0 Å². The Morgan fingerprint density at radius 3 is 2.52 bits per heavy atom. The summed E-state index contributed by atoms with van der Waals surface area (Å²) in [4.78, 5) is 31.4. The van der Waals surface area contributed by atoms with E-state index < -0.39 is 26.8 Å². The molecule has 0 unspecified atom stereocenters. The fourth-order valence-electron chi connectivity index (χ4n) is 2.98. The number of benzene rings is 1. The van der Waals surface area contributed by atoms with Crippen LogP contribution in [0.5, 0.6) is 0 Å². The van der Waals surface area contributed by atoms with Gasteiger partial charge >= 0.3 is 5.69 Å². The molecule has 140 valence electrons. The second kappa shape index (κ2) is 6.39. The van der Waals surface area contributed by atoms with E-state index in [4.69, 9.17) is 0 Å². The molecule has 1 saturated carbocycles. The van der Waals surface area contributed by atoms with Crippen molar-refractivity contribution in [2.45, 2.75) is 29.7 Å². The highest BCUT2D eigenvalue weighted by atomic mass is 79.9. The zero-order chi connectivity index (χ0) is 19.2. The fraction of sp³-hybridized carbons (Fsp3) is 0.235. The number of rotatable bonds is 5. The number of pyridine rings is 1. The Hall–Kier alpha value is -2.30. The molecule has 0 radical (unpaired) electrons. The second-order valence-corrected chi connectivity index (χ2v) is 9.26. The maximum absolute atomic E-state index is 12.8. The minimum atomic E-state index is -3.87. The molecule has 0 aliphatic heterocycles. The SMILES string of the molecule is O=c1[nH]c(=O)c2cc(S(=O)(=O)NC3(Cc4ccc(Br)cc4)CC3)cnc2[nH]1. The number of H-pyrrole nitrogens is 2. The van der Waals surface area contributed by atoms with Crippen LogP contribution in [-0.4, -0.2) is 28.9 Å². The molecule has 0 spiro atoms. The zero-order valence-electron chi connectivity index (χ0n) is 14.0. The van der Waals surface area contributed by atoms with Gasteiger partial charge in [0.25, 0.3) is 5.56 Å². The lowest BCUT2D eigenvalue weighted by Gasteiger charge is -2.18. The summed E-state index contributed by atoms with van der Waals surface area (Å²) in [7, 11) is -3.87. The van der Waals surface area contributed by atoms with E-state index in [-0.39, 0.29) is 15.9 Å². The van der Waals surface area contributed by atoms with Gasteiger partial charge in [0.1, 0.15) is 10.5 Å². The minimum Gasteiger partial charge on any atom is -0.291 e. The van der Waals surface area contributed by atoms with E-state index >= 15 is 0 Å². The summed E-state index contributed by atoms with van der Waals surface area (Å²) in [6, 6.07) is 8.95. The van der Waals surface area contributed by atoms with Crippen LogP contribution >= 0.6 is 15.9 Å². The van der Waals surface area contributed by atoms with Gasteiger partial charge in [0.2, 0.25) is 10.0 Å². The van der Waals surface area contributed by atoms with Gasteiger partial charge in [0.05, 0.1) is 5.39 Å². The van der Waals surface area contributed by atoms with Crippen molar-refractivity contribution in [1.29, 1.82) is 0 Å². The first-order valence-electron chi connectivity index (χ1n) is 8.17. The van der Waals surface area contributed by atoms with Crippen LogP contribution in [-0.2, 0) is 16.4 Å². The van der Waals surface area contributed by atoms with E-state index in [1.54, 1.807) is 0 Å². The number of nitrogens with one attached hydrogen (secondary N) is 3. The minimum absolute atomic E-state index is 0.00947. The Morgan fingerprint density at radius 2 is 1.85 bits per heavy atom. The molecule has 0 saturated heterocycles. The van der Waals surface area contributed by atoms with E-state index in [2.05, 4.69) is 35.6 Å². The Labute approximate surface area is 162 Å². The maximum atomic E-state index is 12.8. The summed E-state index contributed by atoms with van der Waals surface area (Å²) in [6.07, 6.45) is 3.18. The van der Waals surface area contributed by atoms with Gasteiger partial charge in [-0.3, -0.25) is 14.8 Å². The Kier molecular flexibility index (Phi) is 4.28. The monoisotopic (exact) mass is 450 g/mol. The number of hydrogen-bond acceptors (Lipinski definition) is 5. The van der Waals surface area contributed by atoms with Gasteiger partial charge in [0, 0.05) is 16.2 Å². The number of halogens is 1. The highest BCUT2D eigenvalue weighted by molar-refractivity contribution is 9.10. The standard InChI is InChI=1S/C17H15BrN4O4S/c18-11-3-1-10(2-4-11)8-17(5-6-17)22-27(25,26)12-7-13-14(19-9-12)20-16(24)21-15(13)23/h1-4,7,9,22H,5-6,8H2,(H2,19,20,21,23,24). The summed E-state index contributed by atoms with van der Waals surface area (Å²) in [5.41, 5.74) is -0.837. The number of hydrogen-bond donors (Lipinski definition) is 3. The van der Waals surface area contributed by atoms with Crippen LogP contribution in [0, 0.1) is 0 Å². The molecule has 0 amide bonds. The van der Waals surface area contributed by atoms with E-state index in [1.807, 2.05) is 24.3 Å². The number of sulfonamides is 1. The van der Waals surface area contributed by atoms with Crippen molar-refractivity contribution in [3.05, 3.63) is 67.4 Å². The highest BCUT2D eigenvalue weighted by Gasteiger charge is 2.46. The van der Waals surface area contributed by atoms with E-state index in [1.165, 1.54) is 6.07 Å². The molecule has 0 bridgehead atoms. The third kappa shape index (κ3) is 3.73. The smallest absolute Gasteiger partial charge is 0.291 e. The molecule has 1 aliphatic rings. The van der Waals surface area contributed by atoms with Gasteiger partial charge < -0.3 is 0 Å². The Bertz CT molecular complexity index is 1240. The first kappa shape index (κ1) is 18.1.